The van der Waals surface area contributed by atoms with Crippen molar-refractivity contribution >= 4 is 17.7 Å². The third-order valence-corrected chi connectivity index (χ3v) is 3.03. The maximum atomic E-state index is 13.5. The highest BCUT2D eigenvalue weighted by atomic mass is 19.1. The zero-order valence-electron chi connectivity index (χ0n) is 11.1. The van der Waals surface area contributed by atoms with E-state index in [4.69, 9.17) is 4.74 Å². The van der Waals surface area contributed by atoms with Gasteiger partial charge in [0.25, 0.3) is 0 Å². The molecule has 0 radical (unpaired) electrons. The Morgan fingerprint density at radius 1 is 1.45 bits per heavy atom. The summed E-state index contributed by atoms with van der Waals surface area (Å²) in [6.07, 6.45) is -1.23. The van der Waals surface area contributed by atoms with Crippen LogP contribution >= 0.6 is 0 Å². The van der Waals surface area contributed by atoms with Crippen molar-refractivity contribution in [2.75, 3.05) is 18.0 Å². The molecule has 0 saturated carbocycles. The first-order valence-electron chi connectivity index (χ1n) is 6.06. The minimum absolute atomic E-state index is 0.0981. The van der Waals surface area contributed by atoms with Crippen molar-refractivity contribution in [1.82, 2.24) is 5.32 Å². The predicted molar refractivity (Wildman–Crippen MR) is 67.4 cm³/mol. The fourth-order valence-corrected chi connectivity index (χ4v) is 1.88. The van der Waals surface area contributed by atoms with Gasteiger partial charge >= 0.3 is 6.09 Å². The number of amides is 2. The molecular formula is C13H14F2N2O3. The molecule has 5 nitrogen and oxygen atoms in total. The average Bonchev–Trinajstić information content (AvgIpc) is 2.74. The third-order valence-electron chi connectivity index (χ3n) is 3.03. The van der Waals surface area contributed by atoms with E-state index in [0.717, 1.165) is 17.0 Å². The Balaban J connectivity index is 2.14. The molecule has 1 aromatic carbocycles. The van der Waals surface area contributed by atoms with Crippen LogP contribution in [0.3, 0.4) is 0 Å². The van der Waals surface area contributed by atoms with Gasteiger partial charge in [0.2, 0.25) is 5.91 Å². The van der Waals surface area contributed by atoms with E-state index in [1.54, 1.807) is 0 Å². The second-order valence-electron chi connectivity index (χ2n) is 4.59. The van der Waals surface area contributed by atoms with Crippen molar-refractivity contribution in [3.05, 3.63) is 29.3 Å². The van der Waals surface area contributed by atoms with Crippen LogP contribution in [0.1, 0.15) is 12.5 Å². The summed E-state index contributed by atoms with van der Waals surface area (Å²) in [6.45, 7) is 2.95. The first kappa shape index (κ1) is 14.2. The van der Waals surface area contributed by atoms with E-state index < -0.39 is 23.8 Å². The van der Waals surface area contributed by atoms with Gasteiger partial charge < -0.3 is 10.1 Å². The maximum Gasteiger partial charge on any atom is 0.414 e. The number of benzene rings is 1. The number of nitrogens with zero attached hydrogens (tertiary/aromatic N) is 1. The zero-order valence-corrected chi connectivity index (χ0v) is 11.1. The highest BCUT2D eigenvalue weighted by molar-refractivity contribution is 5.89. The Morgan fingerprint density at radius 2 is 2.05 bits per heavy atom. The van der Waals surface area contributed by atoms with Gasteiger partial charge in [0, 0.05) is 12.5 Å². The summed E-state index contributed by atoms with van der Waals surface area (Å²) in [5, 5.41) is 2.52. The van der Waals surface area contributed by atoms with Crippen LogP contribution in [-0.4, -0.2) is 31.2 Å². The Kier molecular flexibility index (Phi) is 3.87. The molecule has 1 aliphatic heterocycles. The summed E-state index contributed by atoms with van der Waals surface area (Å²) in [7, 11) is 0. The predicted octanol–water partition coefficient (Wildman–Crippen LogP) is 1.73. The van der Waals surface area contributed by atoms with Gasteiger partial charge in [-0.3, -0.25) is 9.69 Å². The number of nitrogens with one attached hydrogen (secondary N) is 1. The zero-order chi connectivity index (χ0) is 14.9. The monoisotopic (exact) mass is 284 g/mol. The van der Waals surface area contributed by atoms with Crippen molar-refractivity contribution in [3.8, 4) is 0 Å². The number of halogens is 2. The normalized spacial score (nSPS) is 18.1. The minimum Gasteiger partial charge on any atom is -0.442 e. The third kappa shape index (κ3) is 2.87. The molecule has 2 amide bonds. The molecule has 0 spiro atoms. The van der Waals surface area contributed by atoms with Gasteiger partial charge in [0.05, 0.1) is 18.8 Å². The molecule has 1 saturated heterocycles. The van der Waals surface area contributed by atoms with Crippen LogP contribution in [0.2, 0.25) is 0 Å². The van der Waals surface area contributed by atoms with Crippen LogP contribution in [0.5, 0.6) is 0 Å². The molecule has 1 aromatic rings. The SMILES string of the molecule is CC(=O)NC[C@H]1CN(c2cc(F)c(C)c(F)c2)C(=O)O1. The van der Waals surface area contributed by atoms with Crippen molar-refractivity contribution in [3.63, 3.8) is 0 Å². The number of carbonyl (C=O) groups excluding carboxylic acids is 2. The maximum absolute atomic E-state index is 13.5. The van der Waals surface area contributed by atoms with Crippen LogP contribution in [0, 0.1) is 18.6 Å². The molecule has 1 atom stereocenters. The molecule has 1 aliphatic rings. The van der Waals surface area contributed by atoms with Crippen molar-refractivity contribution in [2.45, 2.75) is 20.0 Å². The summed E-state index contributed by atoms with van der Waals surface area (Å²) in [6, 6.07) is 2.17. The largest absolute Gasteiger partial charge is 0.442 e. The van der Waals surface area contributed by atoms with Gasteiger partial charge in [-0.1, -0.05) is 0 Å². The highest BCUT2D eigenvalue weighted by Gasteiger charge is 2.33. The fraction of sp³-hybridized carbons (Fsp3) is 0.385. The van der Waals surface area contributed by atoms with Gasteiger partial charge in [-0.05, 0) is 19.1 Å². The van der Waals surface area contributed by atoms with Gasteiger partial charge in [-0.2, -0.15) is 0 Å². The van der Waals surface area contributed by atoms with Gasteiger partial charge in [0.15, 0.2) is 0 Å². The van der Waals surface area contributed by atoms with E-state index in [9.17, 15) is 18.4 Å². The van der Waals surface area contributed by atoms with Crippen LogP contribution in [0.25, 0.3) is 0 Å². The van der Waals surface area contributed by atoms with Gasteiger partial charge in [-0.25, -0.2) is 13.6 Å². The molecule has 2 rings (SSSR count). The van der Waals surface area contributed by atoms with Crippen LogP contribution in [0.4, 0.5) is 19.3 Å². The van der Waals surface area contributed by atoms with Crippen molar-refractivity contribution in [1.29, 1.82) is 0 Å². The summed E-state index contributed by atoms with van der Waals surface area (Å²) >= 11 is 0. The molecule has 0 aliphatic carbocycles. The smallest absolute Gasteiger partial charge is 0.414 e. The summed E-state index contributed by atoms with van der Waals surface area (Å²) < 4.78 is 32.0. The summed E-state index contributed by atoms with van der Waals surface area (Å²) in [5.41, 5.74) is -0.00274. The Morgan fingerprint density at radius 3 is 2.60 bits per heavy atom. The highest BCUT2D eigenvalue weighted by Crippen LogP contribution is 2.25. The first-order chi connectivity index (χ1) is 9.38. The second-order valence-corrected chi connectivity index (χ2v) is 4.59. The topological polar surface area (TPSA) is 58.6 Å². The number of rotatable bonds is 3. The van der Waals surface area contributed by atoms with E-state index in [-0.39, 0.29) is 30.2 Å². The Labute approximate surface area is 114 Å². The molecule has 108 valence electrons. The lowest BCUT2D eigenvalue weighted by atomic mass is 10.2. The lowest BCUT2D eigenvalue weighted by Crippen LogP contribution is -2.33. The van der Waals surface area contributed by atoms with E-state index in [1.165, 1.54) is 13.8 Å². The number of hydrogen-bond acceptors (Lipinski definition) is 3. The standard InChI is InChI=1S/C13H14F2N2O3/c1-7-11(14)3-9(4-12(7)15)17-6-10(20-13(17)19)5-16-8(2)18/h3-4,10H,5-6H2,1-2H3,(H,16,18)/t10-/m0/s1. The molecule has 0 unspecified atom stereocenters. The molecule has 0 bridgehead atoms. The first-order valence-corrected chi connectivity index (χ1v) is 6.06. The number of carbonyl (C=O) groups is 2. The van der Waals surface area contributed by atoms with Crippen molar-refractivity contribution < 1.29 is 23.1 Å². The van der Waals surface area contributed by atoms with Crippen molar-refractivity contribution in [2.24, 2.45) is 0 Å². The van der Waals surface area contributed by atoms with Crippen LogP contribution in [0.15, 0.2) is 12.1 Å². The number of anilines is 1. The van der Waals surface area contributed by atoms with Crippen LogP contribution < -0.4 is 10.2 Å². The summed E-state index contributed by atoms with van der Waals surface area (Å²) in [4.78, 5) is 23.6. The lowest BCUT2D eigenvalue weighted by molar-refractivity contribution is -0.119. The van der Waals surface area contributed by atoms with E-state index >= 15 is 0 Å². The molecular weight excluding hydrogens is 270 g/mol. The molecule has 1 N–H and O–H groups in total. The van der Waals surface area contributed by atoms with Gasteiger partial charge in [-0.15, -0.1) is 0 Å². The number of ether oxygens (including phenoxy) is 1. The molecule has 20 heavy (non-hydrogen) atoms. The van der Waals surface area contributed by atoms with E-state index in [1.807, 2.05) is 0 Å². The average molecular weight is 284 g/mol. The Hall–Kier alpha value is -2.18. The molecule has 1 fully saturated rings. The van der Waals surface area contributed by atoms with Gasteiger partial charge in [0.1, 0.15) is 17.7 Å². The molecule has 1 heterocycles. The second kappa shape index (κ2) is 5.44. The minimum atomic E-state index is -0.724. The number of hydrogen-bond donors (Lipinski definition) is 1. The van der Waals surface area contributed by atoms with Crippen LogP contribution in [-0.2, 0) is 9.53 Å². The Bertz CT molecular complexity index is 540. The molecule has 0 aromatic heterocycles. The summed E-state index contributed by atoms with van der Waals surface area (Å²) in [5.74, 6) is -1.69. The quantitative estimate of drug-likeness (QED) is 0.919. The van der Waals surface area contributed by atoms with E-state index in [0.29, 0.717) is 0 Å². The fourth-order valence-electron chi connectivity index (χ4n) is 1.88. The number of cyclic esters (lactones) is 1. The molecule has 7 heteroatoms. The van der Waals surface area contributed by atoms with E-state index in [2.05, 4.69) is 5.32 Å². The lowest BCUT2D eigenvalue weighted by Gasteiger charge is -2.14.